The van der Waals surface area contributed by atoms with E-state index in [1.807, 2.05) is 36.4 Å². The van der Waals surface area contributed by atoms with Gasteiger partial charge in [0.05, 0.1) is 5.56 Å². The van der Waals surface area contributed by atoms with Crippen molar-refractivity contribution in [3.8, 4) is 5.75 Å². The maximum absolute atomic E-state index is 10.4. The van der Waals surface area contributed by atoms with E-state index in [1.54, 1.807) is 25.2 Å². The zero-order valence-corrected chi connectivity index (χ0v) is 17.5. The van der Waals surface area contributed by atoms with Crippen molar-refractivity contribution in [3.63, 3.8) is 0 Å². The molecule has 0 aliphatic rings. The largest absolute Gasteiger partial charge is 0.486 e. The van der Waals surface area contributed by atoms with Gasteiger partial charge in [-0.2, -0.15) is 0 Å². The van der Waals surface area contributed by atoms with E-state index in [2.05, 4.69) is 43.4 Å². The number of anilines is 1. The summed E-state index contributed by atoms with van der Waals surface area (Å²) in [6.07, 6.45) is 0.752. The Bertz CT molecular complexity index is 950. The molecule has 0 saturated heterocycles. The van der Waals surface area contributed by atoms with Gasteiger partial charge in [-0.3, -0.25) is 4.79 Å². The van der Waals surface area contributed by atoms with Crippen LogP contribution in [0.5, 0.6) is 5.75 Å². The third-order valence-electron chi connectivity index (χ3n) is 4.79. The Kier molecular flexibility index (Phi) is 8.18. The monoisotopic (exact) mass is 405 g/mol. The number of aldehydes is 1. The van der Waals surface area contributed by atoms with E-state index in [9.17, 15) is 9.59 Å². The van der Waals surface area contributed by atoms with Gasteiger partial charge in [-0.15, -0.1) is 0 Å². The minimum absolute atomic E-state index is 0.0511. The highest BCUT2D eigenvalue weighted by Crippen LogP contribution is 2.32. The number of rotatable bonds is 7. The van der Waals surface area contributed by atoms with Crippen molar-refractivity contribution >= 4 is 17.9 Å². The number of hydrogen-bond donors (Lipinski definition) is 2. The van der Waals surface area contributed by atoms with Crippen molar-refractivity contribution in [3.05, 3.63) is 95.6 Å². The molecule has 0 spiro atoms. The number of nitrogens with one attached hydrogen (secondary N) is 1. The van der Waals surface area contributed by atoms with Gasteiger partial charge in [0.2, 0.25) is 0 Å². The molecule has 3 aromatic carbocycles. The minimum Gasteiger partial charge on any atom is -0.486 e. The molecule has 0 aliphatic carbocycles. The number of benzene rings is 3. The Balaban J connectivity index is 0.000000248. The molecule has 30 heavy (non-hydrogen) atoms. The third kappa shape index (κ3) is 6.21. The van der Waals surface area contributed by atoms with Crippen LogP contribution in [0.4, 0.5) is 5.69 Å². The molecule has 3 aromatic rings. The molecule has 0 aromatic heterocycles. The number of aromatic carboxylic acids is 1. The molecule has 0 fully saturated rings. The lowest BCUT2D eigenvalue weighted by Gasteiger charge is -2.26. The summed E-state index contributed by atoms with van der Waals surface area (Å²) in [6, 6.07) is 25.0. The number of ether oxygens (including phenoxy) is 1. The van der Waals surface area contributed by atoms with Crippen LogP contribution in [-0.2, 0) is 10.2 Å². The highest BCUT2D eigenvalue weighted by atomic mass is 16.5. The highest BCUT2D eigenvalue weighted by Gasteiger charge is 2.22. The summed E-state index contributed by atoms with van der Waals surface area (Å²) < 4.78 is 5.26. The second-order valence-corrected chi connectivity index (χ2v) is 7.13. The standard InChI is InChI=1S/C17H18O2.C8H9NO2/c1-17(2,14-6-4-3-5-7-14)15-8-10-16(11-9-15)19-13-12-18;1-9-7-4-2-3-6(5-7)8(10)11/h3-12H,13H2,1-2H3;2-5,9H,1H3,(H,10,11). The Labute approximate surface area is 177 Å². The molecular weight excluding hydrogens is 378 g/mol. The fourth-order valence-corrected chi connectivity index (χ4v) is 2.93. The summed E-state index contributed by atoms with van der Waals surface area (Å²) in [6.45, 7) is 4.49. The number of carboxylic acid groups (broad SMARTS) is 1. The van der Waals surface area contributed by atoms with E-state index in [0.29, 0.717) is 5.56 Å². The van der Waals surface area contributed by atoms with E-state index in [0.717, 1.165) is 17.7 Å². The highest BCUT2D eigenvalue weighted by molar-refractivity contribution is 5.88. The fourth-order valence-electron chi connectivity index (χ4n) is 2.93. The number of carbonyl (C=O) groups is 2. The smallest absolute Gasteiger partial charge is 0.335 e. The van der Waals surface area contributed by atoms with Crippen molar-refractivity contribution in [1.29, 1.82) is 0 Å². The van der Waals surface area contributed by atoms with Gasteiger partial charge in [-0.25, -0.2) is 4.79 Å². The molecule has 0 unspecified atom stereocenters. The first-order chi connectivity index (χ1) is 14.4. The summed E-state index contributed by atoms with van der Waals surface area (Å²) in [5, 5.41) is 11.4. The van der Waals surface area contributed by atoms with Gasteiger partial charge in [0.25, 0.3) is 0 Å². The second kappa shape index (κ2) is 10.8. The first kappa shape index (κ1) is 22.7. The molecule has 5 nitrogen and oxygen atoms in total. The quantitative estimate of drug-likeness (QED) is 0.540. The van der Waals surface area contributed by atoms with Crippen LogP contribution in [0, 0.1) is 0 Å². The van der Waals surface area contributed by atoms with Crippen LogP contribution in [0.15, 0.2) is 78.9 Å². The van der Waals surface area contributed by atoms with Crippen LogP contribution in [0.3, 0.4) is 0 Å². The van der Waals surface area contributed by atoms with Gasteiger partial charge in [-0.1, -0.05) is 62.4 Å². The Morgan fingerprint density at radius 1 is 0.967 bits per heavy atom. The molecule has 3 rings (SSSR count). The maximum atomic E-state index is 10.4. The molecule has 0 amide bonds. The molecule has 0 atom stereocenters. The van der Waals surface area contributed by atoms with Crippen LogP contribution in [0.25, 0.3) is 0 Å². The van der Waals surface area contributed by atoms with E-state index in [1.165, 1.54) is 11.1 Å². The Hall–Kier alpha value is -3.60. The summed E-state index contributed by atoms with van der Waals surface area (Å²) in [5.74, 6) is -0.179. The molecule has 5 heteroatoms. The van der Waals surface area contributed by atoms with E-state index >= 15 is 0 Å². The molecular formula is C25H27NO4. The average Bonchev–Trinajstić information content (AvgIpc) is 2.79. The maximum Gasteiger partial charge on any atom is 0.335 e. The van der Waals surface area contributed by atoms with Crippen molar-refractivity contribution < 1.29 is 19.4 Å². The normalized spacial score (nSPS) is 10.4. The van der Waals surface area contributed by atoms with Gasteiger partial charge in [0.1, 0.15) is 12.4 Å². The van der Waals surface area contributed by atoms with Crippen molar-refractivity contribution in [1.82, 2.24) is 0 Å². The molecule has 2 N–H and O–H groups in total. The lowest BCUT2D eigenvalue weighted by molar-refractivity contribution is -0.109. The third-order valence-corrected chi connectivity index (χ3v) is 4.79. The van der Waals surface area contributed by atoms with Crippen molar-refractivity contribution in [2.75, 3.05) is 19.0 Å². The number of hydrogen-bond acceptors (Lipinski definition) is 4. The molecule has 0 saturated carbocycles. The van der Waals surface area contributed by atoms with Crippen LogP contribution in [-0.4, -0.2) is 31.0 Å². The van der Waals surface area contributed by atoms with Crippen LogP contribution in [0.1, 0.15) is 35.3 Å². The predicted octanol–water partition coefficient (Wildman–Crippen LogP) is 5.02. The SMILES string of the molecule is CC(C)(c1ccccc1)c1ccc(OCC=O)cc1.CNc1cccc(C(=O)O)c1. The zero-order chi connectivity index (χ0) is 22.0. The number of carbonyl (C=O) groups excluding carboxylic acids is 1. The Morgan fingerprint density at radius 3 is 2.17 bits per heavy atom. The first-order valence-electron chi connectivity index (χ1n) is 9.62. The Morgan fingerprint density at radius 2 is 1.60 bits per heavy atom. The van der Waals surface area contributed by atoms with E-state index < -0.39 is 5.97 Å². The summed E-state index contributed by atoms with van der Waals surface area (Å²) >= 11 is 0. The van der Waals surface area contributed by atoms with Crippen LogP contribution >= 0.6 is 0 Å². The minimum atomic E-state index is -0.901. The van der Waals surface area contributed by atoms with Crippen molar-refractivity contribution in [2.24, 2.45) is 0 Å². The number of carboxylic acids is 1. The summed E-state index contributed by atoms with van der Waals surface area (Å²) in [4.78, 5) is 20.7. The van der Waals surface area contributed by atoms with Gasteiger partial charge < -0.3 is 15.2 Å². The lowest BCUT2D eigenvalue weighted by Crippen LogP contribution is -2.18. The van der Waals surface area contributed by atoms with Gasteiger partial charge in [-0.05, 0) is 41.5 Å². The predicted molar refractivity (Wildman–Crippen MR) is 120 cm³/mol. The molecule has 0 bridgehead atoms. The van der Waals surface area contributed by atoms with E-state index in [4.69, 9.17) is 9.84 Å². The van der Waals surface area contributed by atoms with Gasteiger partial charge in [0.15, 0.2) is 6.29 Å². The average molecular weight is 405 g/mol. The second-order valence-electron chi connectivity index (χ2n) is 7.13. The molecule has 0 radical (unpaired) electrons. The lowest BCUT2D eigenvalue weighted by atomic mass is 9.78. The zero-order valence-electron chi connectivity index (χ0n) is 17.5. The molecule has 156 valence electrons. The van der Waals surface area contributed by atoms with E-state index in [-0.39, 0.29) is 12.0 Å². The summed E-state index contributed by atoms with van der Waals surface area (Å²) in [7, 11) is 1.75. The van der Waals surface area contributed by atoms with Gasteiger partial charge >= 0.3 is 5.97 Å². The van der Waals surface area contributed by atoms with Gasteiger partial charge in [0, 0.05) is 18.2 Å². The molecule has 0 aliphatic heterocycles. The van der Waals surface area contributed by atoms with Crippen LogP contribution < -0.4 is 10.1 Å². The topological polar surface area (TPSA) is 75.6 Å². The first-order valence-corrected chi connectivity index (χ1v) is 9.62. The molecule has 0 heterocycles. The fraction of sp³-hybridized carbons (Fsp3) is 0.200. The summed E-state index contributed by atoms with van der Waals surface area (Å²) in [5.41, 5.74) is 3.56. The van der Waals surface area contributed by atoms with Crippen LogP contribution in [0.2, 0.25) is 0 Å². The van der Waals surface area contributed by atoms with Crippen molar-refractivity contribution in [2.45, 2.75) is 19.3 Å².